The predicted molar refractivity (Wildman–Crippen MR) is 70.4 cm³/mol. The molecule has 17 heavy (non-hydrogen) atoms. The fourth-order valence-corrected chi connectivity index (χ4v) is 2.25. The molecule has 2 aromatic rings. The third kappa shape index (κ3) is 3.46. The average molecular weight is 266 g/mol. The quantitative estimate of drug-likeness (QED) is 0.913. The van der Waals surface area contributed by atoms with Gasteiger partial charge in [-0.05, 0) is 43.3 Å². The van der Waals surface area contributed by atoms with Gasteiger partial charge in [0.05, 0.1) is 11.8 Å². The SMILES string of the molecule is C[C@@H](O)c1ccc(Sc2ccc(Cl)cc2)cn1. The lowest BCUT2D eigenvalue weighted by Gasteiger charge is -2.05. The van der Waals surface area contributed by atoms with Gasteiger partial charge >= 0.3 is 0 Å². The summed E-state index contributed by atoms with van der Waals surface area (Å²) in [7, 11) is 0. The van der Waals surface area contributed by atoms with Gasteiger partial charge < -0.3 is 5.11 Å². The van der Waals surface area contributed by atoms with Gasteiger partial charge in [0.1, 0.15) is 0 Å². The van der Waals surface area contributed by atoms with E-state index < -0.39 is 6.10 Å². The van der Waals surface area contributed by atoms with Crippen LogP contribution in [-0.2, 0) is 0 Å². The molecule has 0 unspecified atom stereocenters. The lowest BCUT2D eigenvalue weighted by molar-refractivity contribution is 0.194. The van der Waals surface area contributed by atoms with Gasteiger partial charge in [0.25, 0.3) is 0 Å². The van der Waals surface area contributed by atoms with Crippen LogP contribution in [-0.4, -0.2) is 10.1 Å². The van der Waals surface area contributed by atoms with Crippen LogP contribution in [0.4, 0.5) is 0 Å². The number of aliphatic hydroxyl groups is 1. The first-order valence-electron chi connectivity index (χ1n) is 5.22. The fourth-order valence-electron chi connectivity index (χ4n) is 1.34. The van der Waals surface area contributed by atoms with Crippen LogP contribution in [0.25, 0.3) is 0 Å². The Labute approximate surface area is 110 Å². The van der Waals surface area contributed by atoms with Gasteiger partial charge in [-0.1, -0.05) is 23.4 Å². The number of pyridine rings is 1. The summed E-state index contributed by atoms with van der Waals surface area (Å²) in [6.07, 6.45) is 1.24. The molecule has 0 saturated carbocycles. The normalized spacial score (nSPS) is 12.4. The van der Waals surface area contributed by atoms with Gasteiger partial charge in [0.15, 0.2) is 0 Å². The Morgan fingerprint density at radius 1 is 1.12 bits per heavy atom. The number of rotatable bonds is 3. The van der Waals surface area contributed by atoms with Gasteiger partial charge in [-0.15, -0.1) is 0 Å². The van der Waals surface area contributed by atoms with E-state index in [9.17, 15) is 5.11 Å². The van der Waals surface area contributed by atoms with E-state index in [4.69, 9.17) is 11.6 Å². The summed E-state index contributed by atoms with van der Waals surface area (Å²) in [5.74, 6) is 0. The zero-order chi connectivity index (χ0) is 12.3. The largest absolute Gasteiger partial charge is 0.387 e. The summed E-state index contributed by atoms with van der Waals surface area (Å²) in [4.78, 5) is 6.35. The van der Waals surface area contributed by atoms with Gasteiger partial charge in [0, 0.05) is 21.0 Å². The van der Waals surface area contributed by atoms with Gasteiger partial charge in [0.2, 0.25) is 0 Å². The first kappa shape index (κ1) is 12.4. The molecule has 0 saturated heterocycles. The summed E-state index contributed by atoms with van der Waals surface area (Å²) in [6, 6.07) is 11.4. The number of hydrogen-bond acceptors (Lipinski definition) is 3. The minimum Gasteiger partial charge on any atom is -0.387 e. The Hall–Kier alpha value is -1.03. The van der Waals surface area contributed by atoms with Crippen molar-refractivity contribution in [2.24, 2.45) is 0 Å². The van der Waals surface area contributed by atoms with E-state index in [1.807, 2.05) is 36.4 Å². The number of hydrogen-bond donors (Lipinski definition) is 1. The number of halogens is 1. The van der Waals surface area contributed by atoms with E-state index in [-0.39, 0.29) is 0 Å². The van der Waals surface area contributed by atoms with Crippen LogP contribution in [0.5, 0.6) is 0 Å². The van der Waals surface area contributed by atoms with Crippen molar-refractivity contribution in [1.82, 2.24) is 4.98 Å². The standard InChI is InChI=1S/C13H12ClNOS/c1-9(16)13-7-6-12(8-15-13)17-11-4-2-10(14)3-5-11/h2-9,16H,1H3/t9-/m1/s1. The van der Waals surface area contributed by atoms with Crippen molar-refractivity contribution in [2.75, 3.05) is 0 Å². The predicted octanol–water partition coefficient (Wildman–Crippen LogP) is 3.94. The molecule has 4 heteroatoms. The minimum atomic E-state index is -0.524. The highest BCUT2D eigenvalue weighted by molar-refractivity contribution is 7.99. The zero-order valence-corrected chi connectivity index (χ0v) is 10.9. The number of aliphatic hydroxyl groups excluding tert-OH is 1. The van der Waals surface area contributed by atoms with Crippen LogP contribution in [0.15, 0.2) is 52.4 Å². The summed E-state index contributed by atoms with van der Waals surface area (Å²) >= 11 is 7.43. The van der Waals surface area contributed by atoms with E-state index in [1.54, 1.807) is 24.9 Å². The molecule has 0 fully saturated rings. The van der Waals surface area contributed by atoms with Crippen molar-refractivity contribution in [3.8, 4) is 0 Å². The Kier molecular flexibility index (Phi) is 4.05. The van der Waals surface area contributed by atoms with Crippen molar-refractivity contribution in [3.63, 3.8) is 0 Å². The maximum Gasteiger partial charge on any atom is 0.0931 e. The number of nitrogens with zero attached hydrogens (tertiary/aromatic N) is 1. The van der Waals surface area contributed by atoms with E-state index in [2.05, 4.69) is 4.98 Å². The third-order valence-corrected chi connectivity index (χ3v) is 3.47. The molecule has 0 aliphatic heterocycles. The van der Waals surface area contributed by atoms with Crippen LogP contribution in [0.3, 0.4) is 0 Å². The Bertz CT molecular complexity index is 482. The maximum atomic E-state index is 9.35. The molecule has 0 aliphatic rings. The Morgan fingerprint density at radius 2 is 1.76 bits per heavy atom. The monoisotopic (exact) mass is 265 g/mol. The molecule has 2 rings (SSSR count). The molecule has 0 bridgehead atoms. The molecule has 0 amide bonds. The third-order valence-electron chi connectivity index (χ3n) is 2.24. The van der Waals surface area contributed by atoms with Gasteiger partial charge in [-0.25, -0.2) is 0 Å². The Balaban J connectivity index is 2.11. The van der Waals surface area contributed by atoms with E-state index in [0.29, 0.717) is 5.69 Å². The van der Waals surface area contributed by atoms with Crippen LogP contribution in [0, 0.1) is 0 Å². The molecule has 88 valence electrons. The molecule has 1 heterocycles. The molecule has 2 nitrogen and oxygen atoms in total. The lowest BCUT2D eigenvalue weighted by Crippen LogP contribution is -1.94. The topological polar surface area (TPSA) is 33.1 Å². The highest BCUT2D eigenvalue weighted by atomic mass is 35.5. The maximum absolute atomic E-state index is 9.35. The van der Waals surface area contributed by atoms with Crippen LogP contribution in [0.1, 0.15) is 18.7 Å². The van der Waals surface area contributed by atoms with Crippen molar-refractivity contribution in [1.29, 1.82) is 0 Å². The van der Waals surface area contributed by atoms with Gasteiger partial charge in [-0.2, -0.15) is 0 Å². The first-order chi connectivity index (χ1) is 8.15. The molecule has 1 atom stereocenters. The van der Waals surface area contributed by atoms with E-state index >= 15 is 0 Å². The van der Waals surface area contributed by atoms with Crippen molar-refractivity contribution in [2.45, 2.75) is 22.8 Å². The zero-order valence-electron chi connectivity index (χ0n) is 9.30. The van der Waals surface area contributed by atoms with Crippen LogP contribution >= 0.6 is 23.4 Å². The summed E-state index contributed by atoms with van der Waals surface area (Å²) in [5, 5.41) is 10.1. The molecule has 0 aliphatic carbocycles. The number of aromatic nitrogens is 1. The summed E-state index contributed by atoms with van der Waals surface area (Å²) in [5.41, 5.74) is 0.686. The molecular weight excluding hydrogens is 254 g/mol. The lowest BCUT2D eigenvalue weighted by atomic mass is 10.2. The van der Waals surface area contributed by atoms with Crippen molar-refractivity contribution < 1.29 is 5.11 Å². The molecule has 1 aromatic carbocycles. The van der Waals surface area contributed by atoms with Gasteiger partial charge in [-0.3, -0.25) is 4.98 Å². The van der Waals surface area contributed by atoms with E-state index in [1.165, 1.54) is 0 Å². The molecule has 1 aromatic heterocycles. The second-order valence-electron chi connectivity index (χ2n) is 3.65. The molecule has 0 spiro atoms. The molecule has 0 radical (unpaired) electrons. The van der Waals surface area contributed by atoms with Crippen molar-refractivity contribution >= 4 is 23.4 Å². The molecular formula is C13H12ClNOS. The Morgan fingerprint density at radius 3 is 2.29 bits per heavy atom. The van der Waals surface area contributed by atoms with E-state index in [0.717, 1.165) is 14.8 Å². The molecule has 1 N–H and O–H groups in total. The second-order valence-corrected chi connectivity index (χ2v) is 5.23. The van der Waals surface area contributed by atoms with Crippen LogP contribution < -0.4 is 0 Å². The first-order valence-corrected chi connectivity index (χ1v) is 6.42. The smallest absolute Gasteiger partial charge is 0.0931 e. The average Bonchev–Trinajstić information content (AvgIpc) is 2.33. The number of benzene rings is 1. The summed E-state index contributed by atoms with van der Waals surface area (Å²) < 4.78 is 0. The fraction of sp³-hybridized carbons (Fsp3) is 0.154. The summed E-state index contributed by atoms with van der Waals surface area (Å²) in [6.45, 7) is 1.70. The van der Waals surface area contributed by atoms with Crippen molar-refractivity contribution in [3.05, 3.63) is 53.3 Å². The highest BCUT2D eigenvalue weighted by Gasteiger charge is 2.03. The second kappa shape index (κ2) is 5.54. The minimum absolute atomic E-state index is 0.524. The highest BCUT2D eigenvalue weighted by Crippen LogP contribution is 2.28. The van der Waals surface area contributed by atoms with Crippen LogP contribution in [0.2, 0.25) is 5.02 Å².